The second-order valence-electron chi connectivity index (χ2n) is 11.5. The maximum Gasteiger partial charge on any atom is 0.277 e. The molecule has 0 radical (unpaired) electrons. The minimum Gasteiger partial charge on any atom is -0.508 e. The standard InChI is InChI=1S/C35H34ClN3O4/c1-4-33(41)37-15-13-23(14-16-37)38-32-20-29(36)28(27-18-24(40)17-22-9-5-6-11-26(22)27)19-31(32)39(35(43)34(38)42)30-12-8-7-10-25(30)21(2)3/h4-12,17-21,23,35,40,43H,1,13-16H2,2-3H3. The lowest BCUT2D eigenvalue weighted by Gasteiger charge is -2.46. The van der Waals surface area contributed by atoms with Crippen molar-refractivity contribution < 1.29 is 19.8 Å². The molecular weight excluding hydrogens is 562 g/mol. The fourth-order valence-electron chi connectivity index (χ4n) is 6.45. The number of halogens is 1. The molecule has 8 heteroatoms. The summed E-state index contributed by atoms with van der Waals surface area (Å²) >= 11 is 7.03. The summed E-state index contributed by atoms with van der Waals surface area (Å²) in [4.78, 5) is 31.4. The van der Waals surface area contributed by atoms with E-state index in [1.807, 2.05) is 54.6 Å². The number of aliphatic hydroxyl groups excluding tert-OH is 1. The van der Waals surface area contributed by atoms with E-state index < -0.39 is 12.1 Å². The van der Waals surface area contributed by atoms with Crippen LogP contribution in [0.2, 0.25) is 5.02 Å². The Balaban J connectivity index is 1.55. The molecule has 2 aliphatic heterocycles. The summed E-state index contributed by atoms with van der Waals surface area (Å²) in [5.41, 5.74) is 4.38. The average Bonchev–Trinajstić information content (AvgIpc) is 3.01. The number of hydrogen-bond acceptors (Lipinski definition) is 5. The Morgan fingerprint density at radius 3 is 2.33 bits per heavy atom. The molecule has 1 saturated heterocycles. The molecule has 2 N–H and O–H groups in total. The highest BCUT2D eigenvalue weighted by Gasteiger charge is 2.43. The maximum atomic E-state index is 14.1. The van der Waals surface area contributed by atoms with E-state index in [1.165, 1.54) is 6.08 Å². The molecule has 0 saturated carbocycles. The SMILES string of the molecule is C=CC(=O)N1CCC(N2C(=O)C(O)N(c3ccccc3C(C)C)c3cc(-c4cc(O)cc5ccccc45)c(Cl)cc32)CC1. The van der Waals surface area contributed by atoms with Gasteiger partial charge in [0.2, 0.25) is 12.1 Å². The molecule has 1 unspecified atom stereocenters. The number of benzene rings is 4. The number of carbonyl (C=O) groups is 2. The van der Waals surface area contributed by atoms with Crippen LogP contribution in [0.25, 0.3) is 21.9 Å². The van der Waals surface area contributed by atoms with E-state index in [0.29, 0.717) is 47.9 Å². The molecule has 0 aliphatic carbocycles. The number of piperidine rings is 1. The number of aromatic hydroxyl groups is 1. The van der Waals surface area contributed by atoms with Crippen molar-refractivity contribution in [1.29, 1.82) is 0 Å². The van der Waals surface area contributed by atoms with E-state index in [4.69, 9.17) is 11.6 Å². The third-order valence-electron chi connectivity index (χ3n) is 8.56. The van der Waals surface area contributed by atoms with Gasteiger partial charge in [0.15, 0.2) is 0 Å². The van der Waals surface area contributed by atoms with Gasteiger partial charge in [-0.1, -0.05) is 74.5 Å². The monoisotopic (exact) mass is 595 g/mol. The van der Waals surface area contributed by atoms with Crippen LogP contribution in [0.4, 0.5) is 17.1 Å². The van der Waals surface area contributed by atoms with Gasteiger partial charge >= 0.3 is 0 Å². The number of para-hydroxylation sites is 1. The number of fused-ring (bicyclic) bond motifs is 2. The van der Waals surface area contributed by atoms with Gasteiger partial charge in [-0.2, -0.15) is 0 Å². The van der Waals surface area contributed by atoms with Crippen molar-refractivity contribution in [2.75, 3.05) is 22.9 Å². The van der Waals surface area contributed by atoms with E-state index in [2.05, 4.69) is 20.4 Å². The molecule has 7 nitrogen and oxygen atoms in total. The van der Waals surface area contributed by atoms with Crippen LogP contribution in [0.15, 0.2) is 85.5 Å². The maximum absolute atomic E-state index is 14.1. The summed E-state index contributed by atoms with van der Waals surface area (Å²) in [6.07, 6.45) is 0.935. The van der Waals surface area contributed by atoms with Crippen LogP contribution >= 0.6 is 11.6 Å². The van der Waals surface area contributed by atoms with Crippen LogP contribution in [0.5, 0.6) is 5.75 Å². The van der Waals surface area contributed by atoms with Crippen molar-refractivity contribution in [2.45, 2.75) is 44.9 Å². The van der Waals surface area contributed by atoms with E-state index in [1.54, 1.807) is 32.9 Å². The van der Waals surface area contributed by atoms with Gasteiger partial charge in [-0.05, 0) is 77.1 Å². The second kappa shape index (κ2) is 11.4. The van der Waals surface area contributed by atoms with Gasteiger partial charge < -0.3 is 24.9 Å². The molecule has 1 atom stereocenters. The lowest BCUT2D eigenvalue weighted by molar-refractivity contribution is -0.128. The third kappa shape index (κ3) is 5.02. The van der Waals surface area contributed by atoms with Crippen LogP contribution in [0, 0.1) is 0 Å². The van der Waals surface area contributed by atoms with Gasteiger partial charge in [0, 0.05) is 30.4 Å². The lowest BCUT2D eigenvalue weighted by Crippen LogP contribution is -2.57. The fraction of sp³-hybridized carbons (Fsp3) is 0.257. The van der Waals surface area contributed by atoms with E-state index in [9.17, 15) is 19.8 Å². The van der Waals surface area contributed by atoms with Crippen LogP contribution in [-0.2, 0) is 9.59 Å². The number of nitrogens with zero attached hydrogens (tertiary/aromatic N) is 3. The van der Waals surface area contributed by atoms with Crippen molar-refractivity contribution in [2.24, 2.45) is 0 Å². The summed E-state index contributed by atoms with van der Waals surface area (Å²) < 4.78 is 0. The molecule has 2 amide bonds. The average molecular weight is 596 g/mol. The van der Waals surface area contributed by atoms with Crippen molar-refractivity contribution in [3.05, 3.63) is 96.0 Å². The quantitative estimate of drug-likeness (QED) is 0.243. The van der Waals surface area contributed by atoms with Crippen LogP contribution in [-0.4, -0.2) is 52.3 Å². The predicted molar refractivity (Wildman–Crippen MR) is 172 cm³/mol. The zero-order chi connectivity index (χ0) is 30.4. The minimum absolute atomic E-state index is 0.113. The number of amides is 2. The van der Waals surface area contributed by atoms with E-state index >= 15 is 0 Å². The highest BCUT2D eigenvalue weighted by atomic mass is 35.5. The summed E-state index contributed by atoms with van der Waals surface area (Å²) in [6.45, 7) is 8.71. The molecule has 43 heavy (non-hydrogen) atoms. The number of rotatable bonds is 5. The number of phenolic OH excluding ortho intramolecular Hbond substituents is 1. The molecule has 0 aromatic heterocycles. The van der Waals surface area contributed by atoms with Gasteiger partial charge in [0.05, 0.1) is 16.4 Å². The molecule has 6 rings (SSSR count). The normalized spacial score (nSPS) is 17.5. The topological polar surface area (TPSA) is 84.3 Å². The van der Waals surface area contributed by atoms with Gasteiger partial charge in [-0.25, -0.2) is 0 Å². The Morgan fingerprint density at radius 1 is 0.930 bits per heavy atom. The van der Waals surface area contributed by atoms with Gasteiger partial charge in [0.25, 0.3) is 5.91 Å². The summed E-state index contributed by atoms with van der Waals surface area (Å²) in [5, 5.41) is 24.6. The number of anilines is 3. The molecule has 4 aromatic rings. The molecule has 2 aliphatic rings. The van der Waals surface area contributed by atoms with Gasteiger partial charge in [-0.3, -0.25) is 9.59 Å². The number of phenols is 1. The van der Waals surface area contributed by atoms with E-state index in [-0.39, 0.29) is 23.6 Å². The van der Waals surface area contributed by atoms with Crippen molar-refractivity contribution in [3.63, 3.8) is 0 Å². The summed E-state index contributed by atoms with van der Waals surface area (Å²) in [5.74, 6) is -0.326. The first-order valence-electron chi connectivity index (χ1n) is 14.6. The molecule has 1 fully saturated rings. The van der Waals surface area contributed by atoms with Gasteiger partial charge in [0.1, 0.15) is 5.75 Å². The third-order valence-corrected chi connectivity index (χ3v) is 8.87. The Kier molecular flexibility index (Phi) is 7.63. The first kappa shape index (κ1) is 28.8. The fourth-order valence-corrected chi connectivity index (χ4v) is 6.71. The number of likely N-dealkylation sites (tertiary alicyclic amines) is 1. The molecule has 0 bridgehead atoms. The lowest BCUT2D eigenvalue weighted by atomic mass is 9.93. The first-order valence-corrected chi connectivity index (χ1v) is 14.9. The Labute approximate surface area is 256 Å². The van der Waals surface area contributed by atoms with Crippen LogP contribution < -0.4 is 9.80 Å². The Hall–Kier alpha value is -4.33. The molecule has 4 aromatic carbocycles. The molecule has 0 spiro atoms. The van der Waals surface area contributed by atoms with Crippen molar-refractivity contribution in [3.8, 4) is 16.9 Å². The summed E-state index contributed by atoms with van der Waals surface area (Å²) in [7, 11) is 0. The highest BCUT2D eigenvalue weighted by molar-refractivity contribution is 6.34. The van der Waals surface area contributed by atoms with Crippen LogP contribution in [0.1, 0.15) is 38.2 Å². The Morgan fingerprint density at radius 2 is 1.60 bits per heavy atom. The molecular formula is C35H34ClN3O4. The zero-order valence-corrected chi connectivity index (χ0v) is 25.0. The molecule has 220 valence electrons. The zero-order valence-electron chi connectivity index (χ0n) is 24.2. The van der Waals surface area contributed by atoms with E-state index in [0.717, 1.165) is 27.6 Å². The predicted octanol–water partition coefficient (Wildman–Crippen LogP) is 6.97. The second-order valence-corrected chi connectivity index (χ2v) is 11.9. The minimum atomic E-state index is -1.48. The van der Waals surface area contributed by atoms with Crippen molar-refractivity contribution in [1.82, 2.24) is 4.90 Å². The smallest absolute Gasteiger partial charge is 0.277 e. The van der Waals surface area contributed by atoms with Crippen LogP contribution in [0.3, 0.4) is 0 Å². The summed E-state index contributed by atoms with van der Waals surface area (Å²) in [6, 6.07) is 22.4. The first-order chi connectivity index (χ1) is 20.7. The molecule has 2 heterocycles. The highest BCUT2D eigenvalue weighted by Crippen LogP contribution is 2.49. The Bertz CT molecular complexity index is 1740. The van der Waals surface area contributed by atoms with Crippen molar-refractivity contribution >= 4 is 51.2 Å². The number of carbonyl (C=O) groups excluding carboxylic acids is 2. The number of hydrogen-bond donors (Lipinski definition) is 2. The van der Waals surface area contributed by atoms with Gasteiger partial charge in [-0.15, -0.1) is 0 Å². The largest absolute Gasteiger partial charge is 0.508 e. The number of aliphatic hydroxyl groups is 1.